The molecule has 0 radical (unpaired) electrons. The van der Waals surface area contributed by atoms with Gasteiger partial charge in [0.1, 0.15) is 0 Å². The van der Waals surface area contributed by atoms with Crippen LogP contribution in [0, 0.1) is 0 Å². The molecule has 0 amide bonds. The first kappa shape index (κ1) is 12.2. The fourth-order valence-electron chi connectivity index (χ4n) is 1.38. The highest BCUT2D eigenvalue weighted by Gasteiger charge is 2.07. The minimum absolute atomic E-state index is 0.636. The Hall–Kier alpha value is -1.30. The fraction of sp³-hybridized carbons (Fsp3) is 0. The maximum Gasteiger partial charge on any atom is 0.169 e. The zero-order valence-corrected chi connectivity index (χ0v) is 11.3. The molecule has 0 N–H and O–H groups in total. The van der Waals surface area contributed by atoms with Crippen LogP contribution in [0.1, 0.15) is 0 Å². The molecule has 2 rings (SSSR count). The van der Waals surface area contributed by atoms with Crippen LogP contribution in [0.3, 0.4) is 0 Å². The molecule has 0 fully saturated rings. The molecule has 0 saturated carbocycles. The lowest BCUT2D eigenvalue weighted by molar-refractivity contribution is 0.441. The second kappa shape index (κ2) is 5.86. The molecule has 3 nitrogen and oxygen atoms in total. The van der Waals surface area contributed by atoms with Crippen molar-refractivity contribution in [2.45, 2.75) is 0 Å². The third-order valence-electron chi connectivity index (χ3n) is 2.17. The lowest BCUT2D eigenvalue weighted by Gasteiger charge is -2.12. The first-order chi connectivity index (χ1) is 8.35. The average Bonchev–Trinajstić information content (AvgIpc) is 2.40. The molecule has 0 spiro atoms. The van der Waals surface area contributed by atoms with E-state index in [0.29, 0.717) is 23.0 Å². The lowest BCUT2D eigenvalue weighted by Crippen LogP contribution is -1.88. The second-order valence-electron chi connectivity index (χ2n) is 3.23. The zero-order chi connectivity index (χ0) is 12.1. The van der Waals surface area contributed by atoms with Crippen LogP contribution in [-0.2, 0) is 0 Å². The van der Waals surface area contributed by atoms with E-state index in [4.69, 9.17) is 13.8 Å². The summed E-state index contributed by atoms with van der Waals surface area (Å²) in [4.78, 5) is 0. The quantitative estimate of drug-likeness (QED) is 0.787. The van der Waals surface area contributed by atoms with Gasteiger partial charge in [0.05, 0.1) is 18.9 Å². The number of benzene rings is 2. The molecule has 0 bridgehead atoms. The SMILES string of the molecule is POc1ccccc1Oc1ccccc1OP. The first-order valence-corrected chi connectivity index (χ1v) is 5.89. The van der Waals surface area contributed by atoms with Crippen LogP contribution in [0.4, 0.5) is 0 Å². The van der Waals surface area contributed by atoms with Gasteiger partial charge in [-0.1, -0.05) is 24.3 Å². The monoisotopic (exact) mass is 266 g/mol. The van der Waals surface area contributed by atoms with Crippen molar-refractivity contribution in [1.29, 1.82) is 0 Å². The van der Waals surface area contributed by atoms with Gasteiger partial charge in [0, 0.05) is 0 Å². The van der Waals surface area contributed by atoms with Gasteiger partial charge in [-0.25, -0.2) is 0 Å². The number of hydrogen-bond donors (Lipinski definition) is 0. The molecule has 88 valence electrons. The molecular formula is C12H12O3P2. The van der Waals surface area contributed by atoms with E-state index in [1.807, 2.05) is 48.5 Å². The third kappa shape index (κ3) is 2.88. The molecule has 0 aliphatic rings. The van der Waals surface area contributed by atoms with Crippen LogP contribution in [0.25, 0.3) is 0 Å². The molecule has 5 heteroatoms. The molecule has 0 aromatic heterocycles. The fourth-order valence-corrected chi connectivity index (χ4v) is 1.77. The van der Waals surface area contributed by atoms with Gasteiger partial charge >= 0.3 is 0 Å². The Balaban J connectivity index is 2.31. The van der Waals surface area contributed by atoms with Crippen molar-refractivity contribution in [2.75, 3.05) is 0 Å². The minimum atomic E-state index is 0.636. The number of ether oxygens (including phenoxy) is 1. The van der Waals surface area contributed by atoms with Gasteiger partial charge in [-0.2, -0.15) is 0 Å². The van der Waals surface area contributed by atoms with E-state index >= 15 is 0 Å². The molecule has 17 heavy (non-hydrogen) atoms. The molecule has 0 aliphatic carbocycles. The van der Waals surface area contributed by atoms with Gasteiger partial charge in [-0.15, -0.1) is 0 Å². The van der Waals surface area contributed by atoms with Crippen molar-refractivity contribution in [2.24, 2.45) is 0 Å². The summed E-state index contributed by atoms with van der Waals surface area (Å²) in [7, 11) is 4.41. The molecule has 2 aromatic rings. The summed E-state index contributed by atoms with van der Waals surface area (Å²) in [6, 6.07) is 14.8. The summed E-state index contributed by atoms with van der Waals surface area (Å²) in [5.74, 6) is 2.57. The Bertz CT molecular complexity index is 457. The Labute approximate surface area is 105 Å². The predicted molar refractivity (Wildman–Crippen MR) is 73.6 cm³/mol. The topological polar surface area (TPSA) is 27.7 Å². The van der Waals surface area contributed by atoms with Crippen molar-refractivity contribution in [3.8, 4) is 23.0 Å². The smallest absolute Gasteiger partial charge is 0.169 e. The number of rotatable bonds is 4. The molecular weight excluding hydrogens is 254 g/mol. The highest BCUT2D eigenvalue weighted by Crippen LogP contribution is 2.37. The van der Waals surface area contributed by atoms with Gasteiger partial charge in [-0.3, -0.25) is 0 Å². The van der Waals surface area contributed by atoms with E-state index < -0.39 is 0 Å². The number of para-hydroxylation sites is 4. The summed E-state index contributed by atoms with van der Waals surface area (Å²) in [5, 5.41) is 0. The van der Waals surface area contributed by atoms with Crippen LogP contribution < -0.4 is 13.8 Å². The molecule has 0 saturated heterocycles. The molecule has 0 aliphatic heterocycles. The maximum absolute atomic E-state index is 5.75. The van der Waals surface area contributed by atoms with Crippen molar-refractivity contribution < 1.29 is 13.8 Å². The average molecular weight is 266 g/mol. The lowest BCUT2D eigenvalue weighted by atomic mass is 10.3. The molecule has 0 heterocycles. The van der Waals surface area contributed by atoms with E-state index in [1.165, 1.54) is 0 Å². The van der Waals surface area contributed by atoms with Crippen LogP contribution >= 0.6 is 18.9 Å². The van der Waals surface area contributed by atoms with Crippen molar-refractivity contribution in [3.63, 3.8) is 0 Å². The first-order valence-electron chi connectivity index (χ1n) is 4.94. The molecule has 2 unspecified atom stereocenters. The Morgan fingerprint density at radius 1 is 0.588 bits per heavy atom. The van der Waals surface area contributed by atoms with Crippen LogP contribution in [0.5, 0.6) is 23.0 Å². The summed E-state index contributed by atoms with van der Waals surface area (Å²) in [6.07, 6.45) is 0. The minimum Gasteiger partial charge on any atom is -0.476 e. The van der Waals surface area contributed by atoms with Crippen LogP contribution in [-0.4, -0.2) is 0 Å². The van der Waals surface area contributed by atoms with Gasteiger partial charge in [-0.05, 0) is 24.3 Å². The summed E-state index contributed by atoms with van der Waals surface area (Å²) < 4.78 is 16.0. The van der Waals surface area contributed by atoms with E-state index in [0.717, 1.165) is 0 Å². The Kier molecular flexibility index (Phi) is 4.19. The van der Waals surface area contributed by atoms with Gasteiger partial charge in [0.15, 0.2) is 23.0 Å². The zero-order valence-electron chi connectivity index (χ0n) is 9.00. The van der Waals surface area contributed by atoms with Crippen molar-refractivity contribution >= 4 is 18.9 Å². The van der Waals surface area contributed by atoms with Gasteiger partial charge < -0.3 is 13.8 Å². The Morgan fingerprint density at radius 3 is 1.29 bits per heavy atom. The normalized spacial score (nSPS) is 9.76. The second-order valence-corrected chi connectivity index (χ2v) is 3.70. The summed E-state index contributed by atoms with van der Waals surface area (Å²) in [5.41, 5.74) is 0. The standard InChI is InChI=1S/C12H12O3P2/c16-14-11-7-3-1-5-9(11)13-10-6-2-4-8-12(10)15-17/h1-8H,16-17H2. The third-order valence-corrected chi connectivity index (χ3v) is 2.68. The van der Waals surface area contributed by atoms with Crippen LogP contribution in [0.15, 0.2) is 48.5 Å². The van der Waals surface area contributed by atoms with E-state index in [2.05, 4.69) is 18.9 Å². The van der Waals surface area contributed by atoms with Crippen molar-refractivity contribution in [1.82, 2.24) is 0 Å². The van der Waals surface area contributed by atoms with Gasteiger partial charge in [0.25, 0.3) is 0 Å². The molecule has 2 aromatic carbocycles. The van der Waals surface area contributed by atoms with E-state index in [9.17, 15) is 0 Å². The maximum atomic E-state index is 5.75. The predicted octanol–water partition coefficient (Wildman–Crippen LogP) is 3.82. The van der Waals surface area contributed by atoms with E-state index in [-0.39, 0.29) is 0 Å². The molecule has 2 atom stereocenters. The van der Waals surface area contributed by atoms with Crippen LogP contribution in [0.2, 0.25) is 0 Å². The summed E-state index contributed by atoms with van der Waals surface area (Å²) >= 11 is 0. The van der Waals surface area contributed by atoms with Crippen molar-refractivity contribution in [3.05, 3.63) is 48.5 Å². The highest BCUT2D eigenvalue weighted by molar-refractivity contribution is 7.10. The number of hydrogen-bond acceptors (Lipinski definition) is 3. The van der Waals surface area contributed by atoms with E-state index in [1.54, 1.807) is 0 Å². The Morgan fingerprint density at radius 2 is 0.941 bits per heavy atom. The largest absolute Gasteiger partial charge is 0.476 e. The summed E-state index contributed by atoms with van der Waals surface area (Å²) in [6.45, 7) is 0. The highest BCUT2D eigenvalue weighted by atomic mass is 31.0. The van der Waals surface area contributed by atoms with Gasteiger partial charge in [0.2, 0.25) is 0 Å².